The van der Waals surface area contributed by atoms with Crippen LogP contribution in [0.2, 0.25) is 5.02 Å². The number of para-hydroxylation sites is 1. The molecule has 1 aliphatic heterocycles. The van der Waals surface area contributed by atoms with Gasteiger partial charge in [-0.3, -0.25) is 4.79 Å². The number of benzene rings is 2. The van der Waals surface area contributed by atoms with Crippen LogP contribution in [0.4, 0.5) is 10.5 Å². The number of aromatic amines is 1. The van der Waals surface area contributed by atoms with Crippen LogP contribution in [0.25, 0.3) is 10.9 Å². The molecular weight excluding hydrogens is 432 g/mol. The lowest BCUT2D eigenvalue weighted by Gasteiger charge is -2.25. The van der Waals surface area contributed by atoms with Gasteiger partial charge < -0.3 is 29.6 Å². The average Bonchev–Trinajstić information content (AvgIpc) is 2.77. The Morgan fingerprint density at radius 2 is 1.81 bits per heavy atom. The maximum absolute atomic E-state index is 13.0. The van der Waals surface area contributed by atoms with Gasteiger partial charge in [0.05, 0.1) is 22.8 Å². The van der Waals surface area contributed by atoms with Crippen molar-refractivity contribution in [1.29, 1.82) is 0 Å². The molecule has 0 bridgehead atoms. The lowest BCUT2D eigenvalue weighted by molar-refractivity contribution is 0.172. The molecule has 8 nitrogen and oxygen atoms in total. The SMILES string of the molecule is CN(C)CCN(Cc1cc2cc3c(cc2[nH]c1=O)OCCO3)C(=O)Nc1ccccc1Cl. The third-order valence-electron chi connectivity index (χ3n) is 5.16. The van der Waals surface area contributed by atoms with Gasteiger partial charge in [-0.05, 0) is 38.4 Å². The van der Waals surface area contributed by atoms with E-state index in [0.717, 1.165) is 5.39 Å². The number of halogens is 1. The molecule has 0 unspecified atom stereocenters. The van der Waals surface area contributed by atoms with Gasteiger partial charge in [-0.1, -0.05) is 23.7 Å². The molecule has 2 aromatic carbocycles. The molecule has 0 aliphatic carbocycles. The Morgan fingerprint density at radius 3 is 2.53 bits per heavy atom. The molecule has 3 aromatic rings. The Hall–Kier alpha value is -3.23. The van der Waals surface area contributed by atoms with Crippen molar-refractivity contribution >= 4 is 34.2 Å². The van der Waals surface area contributed by atoms with Gasteiger partial charge in [-0.25, -0.2) is 4.79 Å². The van der Waals surface area contributed by atoms with Gasteiger partial charge in [-0.2, -0.15) is 0 Å². The van der Waals surface area contributed by atoms with Crippen LogP contribution in [-0.2, 0) is 6.54 Å². The molecule has 0 radical (unpaired) electrons. The topological polar surface area (TPSA) is 86.9 Å². The number of H-pyrrole nitrogens is 1. The fraction of sp³-hybridized carbons (Fsp3) is 0.304. The highest BCUT2D eigenvalue weighted by atomic mass is 35.5. The van der Waals surface area contributed by atoms with E-state index < -0.39 is 0 Å². The molecule has 0 atom stereocenters. The summed E-state index contributed by atoms with van der Waals surface area (Å²) in [6.07, 6.45) is 0. The summed E-state index contributed by atoms with van der Waals surface area (Å²) in [7, 11) is 3.86. The van der Waals surface area contributed by atoms with Gasteiger partial charge in [0.1, 0.15) is 13.2 Å². The molecule has 2 heterocycles. The van der Waals surface area contributed by atoms with E-state index in [1.807, 2.05) is 25.1 Å². The standard InChI is InChI=1S/C23H25ClN4O4/c1-27(2)7-8-28(23(30)26-18-6-4-3-5-17(18)24)14-16-11-15-12-20-21(32-10-9-31-20)13-19(15)25-22(16)29/h3-6,11-13H,7-10,14H2,1-2H3,(H,25,29)(H,26,30). The Balaban J connectivity index is 1.61. The summed E-state index contributed by atoms with van der Waals surface area (Å²) in [4.78, 5) is 32.3. The predicted molar refractivity (Wildman–Crippen MR) is 125 cm³/mol. The molecule has 4 rings (SSSR count). The van der Waals surface area contributed by atoms with Crippen LogP contribution in [0.5, 0.6) is 11.5 Å². The molecule has 0 saturated carbocycles. The maximum atomic E-state index is 13.0. The van der Waals surface area contributed by atoms with E-state index in [-0.39, 0.29) is 18.1 Å². The predicted octanol–water partition coefficient (Wildman–Crippen LogP) is 3.55. The summed E-state index contributed by atoms with van der Waals surface area (Å²) < 4.78 is 11.2. The van der Waals surface area contributed by atoms with Crippen molar-refractivity contribution in [3.05, 3.63) is 63.4 Å². The number of hydrogen-bond donors (Lipinski definition) is 2. The number of nitrogens with zero attached hydrogens (tertiary/aromatic N) is 2. The van der Waals surface area contributed by atoms with Crippen molar-refractivity contribution in [3.8, 4) is 11.5 Å². The smallest absolute Gasteiger partial charge is 0.322 e. The summed E-state index contributed by atoms with van der Waals surface area (Å²) >= 11 is 6.19. The minimum Gasteiger partial charge on any atom is -0.486 e. The normalized spacial score (nSPS) is 12.8. The minimum absolute atomic E-state index is 0.143. The quantitative estimate of drug-likeness (QED) is 0.592. The second-order valence-electron chi connectivity index (χ2n) is 7.84. The molecule has 1 aromatic heterocycles. The molecule has 2 amide bonds. The second kappa shape index (κ2) is 9.50. The first-order valence-corrected chi connectivity index (χ1v) is 10.7. The maximum Gasteiger partial charge on any atom is 0.322 e. The first-order valence-electron chi connectivity index (χ1n) is 10.3. The highest BCUT2D eigenvalue weighted by molar-refractivity contribution is 6.33. The molecule has 32 heavy (non-hydrogen) atoms. The molecule has 2 N–H and O–H groups in total. The number of anilines is 1. The fourth-order valence-electron chi connectivity index (χ4n) is 3.44. The van der Waals surface area contributed by atoms with Crippen molar-refractivity contribution in [2.24, 2.45) is 0 Å². The number of aromatic nitrogens is 1. The van der Waals surface area contributed by atoms with E-state index in [9.17, 15) is 9.59 Å². The Labute approximate surface area is 190 Å². The fourth-order valence-corrected chi connectivity index (χ4v) is 3.62. The zero-order valence-electron chi connectivity index (χ0n) is 18.0. The van der Waals surface area contributed by atoms with Crippen molar-refractivity contribution in [2.75, 3.05) is 45.7 Å². The molecule has 1 aliphatic rings. The second-order valence-corrected chi connectivity index (χ2v) is 8.25. The number of ether oxygens (including phenoxy) is 2. The third-order valence-corrected chi connectivity index (χ3v) is 5.49. The summed E-state index contributed by atoms with van der Waals surface area (Å²) in [6.45, 7) is 2.17. The molecule has 0 fully saturated rings. The summed E-state index contributed by atoms with van der Waals surface area (Å²) in [5, 5.41) is 4.10. The lowest BCUT2D eigenvalue weighted by atomic mass is 10.1. The summed E-state index contributed by atoms with van der Waals surface area (Å²) in [5.74, 6) is 1.25. The third kappa shape index (κ3) is 4.98. The Kier molecular flexibility index (Phi) is 6.53. The molecule has 0 saturated heterocycles. The van der Waals surface area contributed by atoms with Crippen LogP contribution >= 0.6 is 11.6 Å². The van der Waals surface area contributed by atoms with Gasteiger partial charge in [0, 0.05) is 30.1 Å². The van der Waals surface area contributed by atoms with E-state index in [2.05, 4.69) is 10.3 Å². The van der Waals surface area contributed by atoms with E-state index in [1.165, 1.54) is 0 Å². The highest BCUT2D eigenvalue weighted by Crippen LogP contribution is 2.33. The zero-order valence-corrected chi connectivity index (χ0v) is 18.7. The van der Waals surface area contributed by atoms with Gasteiger partial charge in [-0.15, -0.1) is 0 Å². The number of urea groups is 1. The van der Waals surface area contributed by atoms with E-state index in [4.69, 9.17) is 21.1 Å². The van der Waals surface area contributed by atoms with Crippen molar-refractivity contribution in [2.45, 2.75) is 6.54 Å². The van der Waals surface area contributed by atoms with Crippen LogP contribution in [0, 0.1) is 0 Å². The van der Waals surface area contributed by atoms with Crippen LogP contribution in [0.3, 0.4) is 0 Å². The van der Waals surface area contributed by atoms with Gasteiger partial charge in [0.15, 0.2) is 11.5 Å². The molecule has 9 heteroatoms. The molecule has 0 spiro atoms. The van der Waals surface area contributed by atoms with Gasteiger partial charge in [0.25, 0.3) is 5.56 Å². The number of carbonyl (C=O) groups excluding carboxylic acids is 1. The number of hydrogen-bond acceptors (Lipinski definition) is 5. The van der Waals surface area contributed by atoms with Crippen molar-refractivity contribution in [3.63, 3.8) is 0 Å². The number of amides is 2. The molecular formula is C23H25ClN4O4. The Bertz CT molecular complexity index is 1190. The largest absolute Gasteiger partial charge is 0.486 e. The van der Waals surface area contributed by atoms with Gasteiger partial charge >= 0.3 is 6.03 Å². The monoisotopic (exact) mass is 456 g/mol. The van der Waals surface area contributed by atoms with E-state index in [1.54, 1.807) is 41.3 Å². The number of pyridine rings is 1. The first-order chi connectivity index (χ1) is 15.4. The van der Waals surface area contributed by atoms with Crippen LogP contribution in [0.15, 0.2) is 47.3 Å². The van der Waals surface area contributed by atoms with Crippen LogP contribution in [0.1, 0.15) is 5.56 Å². The summed E-state index contributed by atoms with van der Waals surface area (Å²) in [6, 6.07) is 12.1. The van der Waals surface area contributed by atoms with Crippen LogP contribution in [-0.4, -0.2) is 61.2 Å². The number of rotatable bonds is 6. The first kappa shape index (κ1) is 22.0. The highest BCUT2D eigenvalue weighted by Gasteiger charge is 2.19. The number of likely N-dealkylation sites (N-methyl/N-ethyl adjacent to an activating group) is 1. The number of nitrogens with one attached hydrogen (secondary N) is 2. The zero-order chi connectivity index (χ0) is 22.7. The van der Waals surface area contributed by atoms with E-state index >= 15 is 0 Å². The van der Waals surface area contributed by atoms with Crippen LogP contribution < -0.4 is 20.3 Å². The summed E-state index contributed by atoms with van der Waals surface area (Å²) in [5.41, 5.74) is 1.39. The number of carbonyl (C=O) groups is 1. The van der Waals surface area contributed by atoms with E-state index in [0.29, 0.717) is 59.6 Å². The number of fused-ring (bicyclic) bond motifs is 2. The lowest BCUT2D eigenvalue weighted by Crippen LogP contribution is -2.40. The minimum atomic E-state index is -0.332. The van der Waals surface area contributed by atoms with Crippen molar-refractivity contribution in [1.82, 2.24) is 14.8 Å². The Morgan fingerprint density at radius 1 is 1.09 bits per heavy atom. The molecule has 168 valence electrons. The average molecular weight is 457 g/mol. The van der Waals surface area contributed by atoms with Gasteiger partial charge in [0.2, 0.25) is 0 Å². The van der Waals surface area contributed by atoms with Crippen molar-refractivity contribution < 1.29 is 14.3 Å².